The average Bonchev–Trinajstić information content (AvgIpc) is 3.00. The van der Waals surface area contributed by atoms with Gasteiger partial charge in [0.05, 0.1) is 29.5 Å². The lowest BCUT2D eigenvalue weighted by Crippen LogP contribution is -2.18. The van der Waals surface area contributed by atoms with E-state index in [1.807, 2.05) is 13.8 Å². The first-order chi connectivity index (χ1) is 20.8. The molecule has 0 spiro atoms. The summed E-state index contributed by atoms with van der Waals surface area (Å²) >= 11 is 6.83. The number of carbonyl (C=O) groups is 3. The van der Waals surface area contributed by atoms with E-state index >= 15 is 0 Å². The van der Waals surface area contributed by atoms with Gasteiger partial charge in [0.25, 0.3) is 11.8 Å². The number of carbonyl (C=O) groups excluding carboxylic acids is 3. The smallest absolute Gasteiger partial charge is 0.343 e. The molecule has 0 heterocycles. The average molecular weight is 709 g/mol. The van der Waals surface area contributed by atoms with Crippen molar-refractivity contribution in [3.05, 3.63) is 116 Å². The third kappa shape index (κ3) is 8.52. The molecule has 0 bridgehead atoms. The van der Waals surface area contributed by atoms with Gasteiger partial charge in [-0.05, 0) is 90.4 Å². The SMILES string of the molecule is CCOc1ccc(C(=O)Nc2cccc(C(=O)NN=Cc3cc(Br)cc(Br)c3OC(=O)c3ccccc3)c2)cc1OCC. The Morgan fingerprint density at radius 2 is 1.47 bits per heavy atom. The highest BCUT2D eigenvalue weighted by Crippen LogP contribution is 2.33. The number of hydrogen-bond donors (Lipinski definition) is 2. The molecule has 0 aliphatic heterocycles. The first-order valence-electron chi connectivity index (χ1n) is 13.2. The largest absolute Gasteiger partial charge is 0.490 e. The normalized spacial score (nSPS) is 10.7. The minimum Gasteiger partial charge on any atom is -0.490 e. The summed E-state index contributed by atoms with van der Waals surface area (Å²) in [7, 11) is 0. The zero-order valence-corrected chi connectivity index (χ0v) is 26.4. The van der Waals surface area contributed by atoms with E-state index in [0.29, 0.717) is 56.0 Å². The molecule has 4 aromatic carbocycles. The molecule has 2 amide bonds. The summed E-state index contributed by atoms with van der Waals surface area (Å²) in [6.07, 6.45) is 1.37. The van der Waals surface area contributed by atoms with Gasteiger partial charge < -0.3 is 19.5 Å². The number of hydrogen-bond acceptors (Lipinski definition) is 7. The van der Waals surface area contributed by atoms with Crippen LogP contribution in [0.2, 0.25) is 0 Å². The van der Waals surface area contributed by atoms with E-state index < -0.39 is 11.9 Å². The molecule has 4 aromatic rings. The molecule has 43 heavy (non-hydrogen) atoms. The molecule has 11 heteroatoms. The standard InChI is InChI=1S/C32H27Br2N3O6/c1-3-41-27-14-13-22(17-28(27)42-4-2)30(38)36-25-12-8-11-21(16-25)31(39)37-35-19-23-15-24(33)18-26(34)29(23)43-32(40)20-9-6-5-7-10-20/h5-19H,3-4H2,1-2H3,(H,36,38)(H,37,39). The zero-order valence-electron chi connectivity index (χ0n) is 23.2. The van der Waals surface area contributed by atoms with Crippen molar-refractivity contribution in [1.29, 1.82) is 0 Å². The fraction of sp³-hybridized carbons (Fsp3) is 0.125. The van der Waals surface area contributed by atoms with Crippen LogP contribution in [0.5, 0.6) is 17.2 Å². The third-order valence-electron chi connectivity index (χ3n) is 5.80. The number of hydrazone groups is 1. The highest BCUT2D eigenvalue weighted by Gasteiger charge is 2.16. The molecule has 4 rings (SSSR count). The van der Waals surface area contributed by atoms with Gasteiger partial charge in [-0.3, -0.25) is 9.59 Å². The van der Waals surface area contributed by atoms with E-state index in [4.69, 9.17) is 14.2 Å². The molecule has 9 nitrogen and oxygen atoms in total. The van der Waals surface area contributed by atoms with Gasteiger partial charge in [0.1, 0.15) is 0 Å². The molecule has 0 aliphatic rings. The molecule has 220 valence electrons. The summed E-state index contributed by atoms with van der Waals surface area (Å²) in [6.45, 7) is 4.60. The Balaban J connectivity index is 1.45. The van der Waals surface area contributed by atoms with Crippen molar-refractivity contribution in [3.63, 3.8) is 0 Å². The summed E-state index contributed by atoms with van der Waals surface area (Å²) in [6, 6.07) is 23.4. The predicted octanol–water partition coefficient (Wildman–Crippen LogP) is 7.24. The Hall–Kier alpha value is -4.48. The van der Waals surface area contributed by atoms with Crippen molar-refractivity contribution < 1.29 is 28.6 Å². The molecule has 0 atom stereocenters. The van der Waals surface area contributed by atoms with Crippen LogP contribution in [0.1, 0.15) is 50.5 Å². The second kappa shape index (κ2) is 15.1. The van der Waals surface area contributed by atoms with Crippen LogP contribution in [0, 0.1) is 0 Å². The molecular formula is C32H27Br2N3O6. The lowest BCUT2D eigenvalue weighted by molar-refractivity contribution is 0.0732. The van der Waals surface area contributed by atoms with Crippen LogP contribution in [-0.4, -0.2) is 37.2 Å². The van der Waals surface area contributed by atoms with Gasteiger partial charge in [-0.2, -0.15) is 5.10 Å². The summed E-state index contributed by atoms with van der Waals surface area (Å²) in [4.78, 5) is 38.4. The number of amides is 2. The highest BCUT2D eigenvalue weighted by atomic mass is 79.9. The van der Waals surface area contributed by atoms with E-state index in [-0.39, 0.29) is 17.2 Å². The predicted molar refractivity (Wildman–Crippen MR) is 171 cm³/mol. The van der Waals surface area contributed by atoms with Gasteiger partial charge in [-0.25, -0.2) is 10.2 Å². The minimum atomic E-state index is -0.541. The van der Waals surface area contributed by atoms with E-state index in [9.17, 15) is 14.4 Å². The topological polar surface area (TPSA) is 115 Å². The van der Waals surface area contributed by atoms with Crippen molar-refractivity contribution in [2.75, 3.05) is 18.5 Å². The van der Waals surface area contributed by atoms with Gasteiger partial charge in [0, 0.05) is 26.9 Å². The molecule has 0 fully saturated rings. The fourth-order valence-electron chi connectivity index (χ4n) is 3.87. The maximum absolute atomic E-state index is 12.9. The number of ether oxygens (including phenoxy) is 3. The number of halogens is 2. The van der Waals surface area contributed by atoms with Crippen LogP contribution in [0.25, 0.3) is 0 Å². The first kappa shape index (κ1) is 31.5. The molecule has 0 saturated heterocycles. The van der Waals surface area contributed by atoms with E-state index in [1.165, 1.54) is 12.3 Å². The Morgan fingerprint density at radius 3 is 2.21 bits per heavy atom. The number of nitrogens with zero attached hydrogens (tertiary/aromatic N) is 1. The van der Waals surface area contributed by atoms with E-state index in [0.717, 1.165) is 0 Å². The van der Waals surface area contributed by atoms with Crippen molar-refractivity contribution in [1.82, 2.24) is 5.43 Å². The number of anilines is 1. The molecule has 0 unspecified atom stereocenters. The summed E-state index contributed by atoms with van der Waals surface area (Å²) in [5, 5.41) is 6.85. The van der Waals surface area contributed by atoms with Crippen molar-refractivity contribution in [2.24, 2.45) is 5.10 Å². The van der Waals surface area contributed by atoms with Crippen LogP contribution >= 0.6 is 31.9 Å². The molecule has 0 saturated carbocycles. The molecule has 0 aliphatic carbocycles. The van der Waals surface area contributed by atoms with E-state index in [1.54, 1.807) is 78.9 Å². The van der Waals surface area contributed by atoms with Gasteiger partial charge in [0.2, 0.25) is 0 Å². The summed E-state index contributed by atoms with van der Waals surface area (Å²) in [5.74, 6) is -0.168. The van der Waals surface area contributed by atoms with Crippen LogP contribution < -0.4 is 25.0 Å². The summed E-state index contributed by atoms with van der Waals surface area (Å²) < 4.78 is 18.0. The Kier molecular flexibility index (Phi) is 11.1. The highest BCUT2D eigenvalue weighted by molar-refractivity contribution is 9.11. The Labute approximate surface area is 265 Å². The minimum absolute atomic E-state index is 0.238. The van der Waals surface area contributed by atoms with Crippen molar-refractivity contribution in [3.8, 4) is 17.2 Å². The number of nitrogens with one attached hydrogen (secondary N) is 2. The first-order valence-corrected chi connectivity index (χ1v) is 14.8. The number of rotatable bonds is 11. The lowest BCUT2D eigenvalue weighted by atomic mass is 10.1. The van der Waals surface area contributed by atoms with E-state index in [2.05, 4.69) is 47.7 Å². The second-order valence-corrected chi connectivity index (χ2v) is 10.6. The number of benzene rings is 4. The van der Waals surface area contributed by atoms with Gasteiger partial charge >= 0.3 is 5.97 Å². The van der Waals surface area contributed by atoms with Gasteiger partial charge in [-0.1, -0.05) is 40.2 Å². The van der Waals surface area contributed by atoms with Crippen LogP contribution in [0.3, 0.4) is 0 Å². The molecular weight excluding hydrogens is 682 g/mol. The van der Waals surface area contributed by atoms with Crippen LogP contribution in [0.4, 0.5) is 5.69 Å². The van der Waals surface area contributed by atoms with Crippen molar-refractivity contribution >= 4 is 61.5 Å². The quantitative estimate of drug-likeness (QED) is 0.0735. The Bertz CT molecular complexity index is 1660. The Morgan fingerprint density at radius 1 is 0.767 bits per heavy atom. The molecule has 0 radical (unpaired) electrons. The fourth-order valence-corrected chi connectivity index (χ4v) is 5.21. The van der Waals surface area contributed by atoms with Crippen LogP contribution in [0.15, 0.2) is 99.0 Å². The van der Waals surface area contributed by atoms with Gasteiger partial charge in [-0.15, -0.1) is 0 Å². The molecule has 2 N–H and O–H groups in total. The zero-order chi connectivity index (χ0) is 30.8. The number of esters is 1. The third-order valence-corrected chi connectivity index (χ3v) is 6.85. The van der Waals surface area contributed by atoms with Crippen molar-refractivity contribution in [2.45, 2.75) is 13.8 Å². The lowest BCUT2D eigenvalue weighted by Gasteiger charge is -2.13. The summed E-state index contributed by atoms with van der Waals surface area (Å²) in [5.41, 5.74) is 4.35. The maximum atomic E-state index is 12.9. The molecule has 0 aromatic heterocycles. The monoisotopic (exact) mass is 707 g/mol. The second-order valence-electron chi connectivity index (χ2n) is 8.82. The van der Waals surface area contributed by atoms with Crippen LogP contribution in [-0.2, 0) is 0 Å². The maximum Gasteiger partial charge on any atom is 0.343 e. The van der Waals surface area contributed by atoms with Gasteiger partial charge in [0.15, 0.2) is 17.2 Å².